The summed E-state index contributed by atoms with van der Waals surface area (Å²) in [5, 5.41) is 6.69. The molecule has 0 saturated carbocycles. The van der Waals surface area contributed by atoms with Crippen molar-refractivity contribution >= 4 is 21.5 Å². The van der Waals surface area contributed by atoms with Crippen molar-refractivity contribution in [1.82, 2.24) is 18.9 Å². The Labute approximate surface area is 170 Å². The standard InChI is InChI=1S/C17H22F5N5O2S/c1-4-9(2)15-13(17(20,21)22)14(19)12-7-23-16(25-27(12)15)24-11-5-6-26(8-10(11)18)30(3,28)29/h7,9-11H,4-6,8H2,1-3H3,(H,24,25)/t9?,10-,11-/m1/s1. The van der Waals surface area contributed by atoms with E-state index in [0.29, 0.717) is 6.42 Å². The number of sulfonamides is 1. The van der Waals surface area contributed by atoms with Gasteiger partial charge in [0.1, 0.15) is 17.3 Å². The van der Waals surface area contributed by atoms with E-state index >= 15 is 0 Å². The third-order valence-electron chi connectivity index (χ3n) is 5.31. The van der Waals surface area contributed by atoms with E-state index in [2.05, 4.69) is 15.4 Å². The molecule has 7 nitrogen and oxygen atoms in total. The molecule has 2 aromatic rings. The molecule has 0 aromatic carbocycles. The minimum Gasteiger partial charge on any atom is -0.347 e. The van der Waals surface area contributed by atoms with Crippen LogP contribution in [0.4, 0.5) is 27.9 Å². The van der Waals surface area contributed by atoms with Crippen LogP contribution in [-0.2, 0) is 16.2 Å². The average Bonchev–Trinajstić information content (AvgIpc) is 2.94. The fourth-order valence-corrected chi connectivity index (χ4v) is 4.37. The van der Waals surface area contributed by atoms with Gasteiger partial charge in [0, 0.05) is 13.1 Å². The Balaban J connectivity index is 1.96. The average molecular weight is 455 g/mol. The van der Waals surface area contributed by atoms with Crippen molar-refractivity contribution in [3.8, 4) is 0 Å². The maximum Gasteiger partial charge on any atom is 0.421 e. The van der Waals surface area contributed by atoms with E-state index in [4.69, 9.17) is 0 Å². The highest BCUT2D eigenvalue weighted by molar-refractivity contribution is 7.88. The van der Waals surface area contributed by atoms with E-state index in [-0.39, 0.29) is 31.2 Å². The van der Waals surface area contributed by atoms with Crippen molar-refractivity contribution in [2.24, 2.45) is 0 Å². The van der Waals surface area contributed by atoms with Crippen molar-refractivity contribution in [2.45, 2.75) is 51.0 Å². The number of nitrogens with one attached hydrogen (secondary N) is 1. The van der Waals surface area contributed by atoms with Crippen molar-refractivity contribution in [3.05, 3.63) is 23.3 Å². The predicted octanol–water partition coefficient (Wildman–Crippen LogP) is 3.18. The van der Waals surface area contributed by atoms with E-state index in [9.17, 15) is 30.4 Å². The fraction of sp³-hybridized carbons (Fsp3) is 0.647. The van der Waals surface area contributed by atoms with Gasteiger partial charge in [-0.25, -0.2) is 26.7 Å². The first-order valence-electron chi connectivity index (χ1n) is 9.34. The Kier molecular flexibility index (Phi) is 5.98. The molecule has 13 heteroatoms. The zero-order valence-corrected chi connectivity index (χ0v) is 17.4. The largest absolute Gasteiger partial charge is 0.421 e. The zero-order chi connectivity index (χ0) is 22.4. The molecule has 1 N–H and O–H groups in total. The number of anilines is 1. The van der Waals surface area contributed by atoms with E-state index in [0.717, 1.165) is 21.3 Å². The molecular formula is C17H22F5N5O2S. The highest BCUT2D eigenvalue weighted by Crippen LogP contribution is 2.40. The predicted molar refractivity (Wildman–Crippen MR) is 100.0 cm³/mol. The number of hydrogen-bond donors (Lipinski definition) is 1. The normalized spacial score (nSPS) is 22.4. The lowest BCUT2D eigenvalue weighted by Gasteiger charge is -2.33. The van der Waals surface area contributed by atoms with Gasteiger partial charge in [0.05, 0.1) is 24.2 Å². The molecule has 0 spiro atoms. The first kappa shape index (κ1) is 22.7. The third-order valence-corrected chi connectivity index (χ3v) is 6.58. The van der Waals surface area contributed by atoms with Crippen LogP contribution in [0.1, 0.15) is 43.9 Å². The Morgan fingerprint density at radius 2 is 2.03 bits per heavy atom. The van der Waals surface area contributed by atoms with E-state index in [1.807, 2.05) is 0 Å². The smallest absolute Gasteiger partial charge is 0.347 e. The molecule has 1 fully saturated rings. The maximum absolute atomic E-state index is 14.5. The summed E-state index contributed by atoms with van der Waals surface area (Å²) in [6, 6.07) is -0.838. The molecule has 2 aromatic heterocycles. The van der Waals surface area contributed by atoms with Gasteiger partial charge in [0.25, 0.3) is 0 Å². The zero-order valence-electron chi connectivity index (χ0n) is 16.5. The van der Waals surface area contributed by atoms with Gasteiger partial charge < -0.3 is 5.32 Å². The van der Waals surface area contributed by atoms with Crippen LogP contribution in [0.2, 0.25) is 0 Å². The van der Waals surface area contributed by atoms with Crippen LogP contribution in [0.15, 0.2) is 6.20 Å². The lowest BCUT2D eigenvalue weighted by Crippen LogP contribution is -2.49. The summed E-state index contributed by atoms with van der Waals surface area (Å²) in [6.07, 6.45) is -4.15. The van der Waals surface area contributed by atoms with Gasteiger partial charge in [-0.15, -0.1) is 5.10 Å². The number of piperidine rings is 1. The summed E-state index contributed by atoms with van der Waals surface area (Å²) < 4.78 is 94.5. The van der Waals surface area contributed by atoms with Gasteiger partial charge in [-0.3, -0.25) is 0 Å². The maximum atomic E-state index is 14.5. The topological polar surface area (TPSA) is 79.6 Å². The lowest BCUT2D eigenvalue weighted by molar-refractivity contribution is -0.140. The molecular weight excluding hydrogens is 433 g/mol. The van der Waals surface area contributed by atoms with Crippen molar-refractivity contribution in [1.29, 1.82) is 0 Å². The number of hydrogen-bond acceptors (Lipinski definition) is 5. The molecule has 3 atom stereocenters. The number of fused-ring (bicyclic) bond motifs is 1. The molecule has 168 valence electrons. The minimum atomic E-state index is -4.91. The monoisotopic (exact) mass is 455 g/mol. The molecule has 0 aliphatic carbocycles. The first-order valence-corrected chi connectivity index (χ1v) is 11.2. The number of alkyl halides is 4. The van der Waals surface area contributed by atoms with Crippen LogP contribution >= 0.6 is 0 Å². The molecule has 3 heterocycles. The van der Waals surface area contributed by atoms with Crippen LogP contribution in [0.25, 0.3) is 5.52 Å². The van der Waals surface area contributed by atoms with Crippen LogP contribution < -0.4 is 5.32 Å². The summed E-state index contributed by atoms with van der Waals surface area (Å²) in [7, 11) is -3.54. The van der Waals surface area contributed by atoms with Crippen LogP contribution in [-0.4, -0.2) is 58.9 Å². The van der Waals surface area contributed by atoms with Crippen LogP contribution in [0.5, 0.6) is 0 Å². The molecule has 0 bridgehead atoms. The van der Waals surface area contributed by atoms with Crippen molar-refractivity contribution in [2.75, 3.05) is 24.7 Å². The number of nitrogens with zero attached hydrogens (tertiary/aromatic N) is 4. The van der Waals surface area contributed by atoms with Crippen LogP contribution in [0.3, 0.4) is 0 Å². The Morgan fingerprint density at radius 3 is 2.57 bits per heavy atom. The van der Waals surface area contributed by atoms with E-state index in [1.54, 1.807) is 6.92 Å². The Morgan fingerprint density at radius 1 is 1.37 bits per heavy atom. The van der Waals surface area contributed by atoms with Gasteiger partial charge in [-0.2, -0.15) is 17.5 Å². The number of rotatable bonds is 5. The summed E-state index contributed by atoms with van der Waals surface area (Å²) in [5.74, 6) is -2.27. The lowest BCUT2D eigenvalue weighted by atomic mass is 10.0. The van der Waals surface area contributed by atoms with Crippen molar-refractivity contribution < 1.29 is 30.4 Å². The second kappa shape index (κ2) is 7.91. The number of aromatic nitrogens is 3. The Hall–Kier alpha value is -2.02. The van der Waals surface area contributed by atoms with E-state index in [1.165, 1.54) is 6.92 Å². The first-order chi connectivity index (χ1) is 13.8. The Bertz CT molecular complexity index is 1040. The van der Waals surface area contributed by atoms with Gasteiger partial charge in [-0.05, 0) is 18.8 Å². The second-order valence-corrected chi connectivity index (χ2v) is 9.42. The van der Waals surface area contributed by atoms with Gasteiger partial charge in [0.2, 0.25) is 16.0 Å². The molecule has 1 unspecified atom stereocenters. The summed E-state index contributed by atoms with van der Waals surface area (Å²) in [5.41, 5.74) is -2.13. The highest BCUT2D eigenvalue weighted by atomic mass is 32.2. The second-order valence-electron chi connectivity index (χ2n) is 7.44. The van der Waals surface area contributed by atoms with Crippen LogP contribution in [0, 0.1) is 5.82 Å². The van der Waals surface area contributed by atoms with Gasteiger partial charge >= 0.3 is 6.18 Å². The van der Waals surface area contributed by atoms with Gasteiger partial charge in [0.15, 0.2) is 5.82 Å². The highest BCUT2D eigenvalue weighted by Gasteiger charge is 2.42. The molecule has 1 aliphatic heterocycles. The molecule has 1 aliphatic rings. The summed E-state index contributed by atoms with van der Waals surface area (Å²) >= 11 is 0. The minimum absolute atomic E-state index is 0.0770. The fourth-order valence-electron chi connectivity index (χ4n) is 3.52. The summed E-state index contributed by atoms with van der Waals surface area (Å²) in [6.45, 7) is 2.93. The molecule has 30 heavy (non-hydrogen) atoms. The molecule has 1 saturated heterocycles. The molecule has 0 amide bonds. The summed E-state index contributed by atoms with van der Waals surface area (Å²) in [4.78, 5) is 3.84. The van der Waals surface area contributed by atoms with E-state index < -0.39 is 51.2 Å². The molecule has 0 radical (unpaired) electrons. The van der Waals surface area contributed by atoms with Crippen molar-refractivity contribution in [3.63, 3.8) is 0 Å². The SMILES string of the molecule is CCC(C)c1c(C(F)(F)F)c(F)c2cnc(N[C@@H]3CCN(S(C)(=O)=O)C[C@H]3F)nn12. The third kappa shape index (κ3) is 4.22. The molecule has 3 rings (SSSR count). The van der Waals surface area contributed by atoms with Gasteiger partial charge in [-0.1, -0.05) is 13.8 Å². The quantitative estimate of drug-likeness (QED) is 0.701. The number of halogens is 5.